The number of aromatic nitrogens is 3. The van der Waals surface area contributed by atoms with Crippen molar-refractivity contribution in [2.24, 2.45) is 5.92 Å². The molecular weight excluding hydrogens is 346 g/mol. The van der Waals surface area contributed by atoms with Gasteiger partial charge in [0, 0.05) is 7.11 Å². The Morgan fingerprint density at radius 2 is 2.04 bits per heavy atom. The van der Waals surface area contributed by atoms with E-state index in [1.54, 1.807) is 11.8 Å². The van der Waals surface area contributed by atoms with Crippen LogP contribution in [0, 0.1) is 5.92 Å². The second-order valence-corrected chi connectivity index (χ2v) is 7.06. The van der Waals surface area contributed by atoms with E-state index in [-0.39, 0.29) is 30.5 Å². The molecule has 2 heterocycles. The molecule has 4 rings (SSSR count). The number of amides is 3. The predicted octanol–water partition coefficient (Wildman–Crippen LogP) is 1.89. The quantitative estimate of drug-likeness (QED) is 0.813. The van der Waals surface area contributed by atoms with Gasteiger partial charge in [-0.2, -0.15) is 5.10 Å². The summed E-state index contributed by atoms with van der Waals surface area (Å²) in [7, 11) is 1.70. The third-order valence-electron chi connectivity index (χ3n) is 5.45. The molecule has 1 aliphatic carbocycles. The molecule has 8 nitrogen and oxygen atoms in total. The number of benzene rings is 1. The Balaban J connectivity index is 1.50. The number of hydrogen-bond acceptors (Lipinski definition) is 5. The molecule has 2 aromatic rings. The van der Waals surface area contributed by atoms with E-state index in [1.807, 2.05) is 30.3 Å². The first kappa shape index (κ1) is 17.7. The van der Waals surface area contributed by atoms with E-state index in [1.165, 1.54) is 11.2 Å². The summed E-state index contributed by atoms with van der Waals surface area (Å²) in [6, 6.07) is 8.68. The third kappa shape index (κ3) is 3.44. The molecule has 8 heteroatoms. The van der Waals surface area contributed by atoms with E-state index in [0.29, 0.717) is 5.82 Å². The van der Waals surface area contributed by atoms with Gasteiger partial charge in [0.1, 0.15) is 12.4 Å². The number of carbonyl (C=O) groups is 2. The predicted molar refractivity (Wildman–Crippen MR) is 97.0 cm³/mol. The van der Waals surface area contributed by atoms with Crippen LogP contribution in [0.15, 0.2) is 36.7 Å². The lowest BCUT2D eigenvalue weighted by atomic mass is 9.82. The Kier molecular flexibility index (Phi) is 4.89. The highest BCUT2D eigenvalue weighted by molar-refractivity contribution is 6.04. The zero-order valence-corrected chi connectivity index (χ0v) is 15.2. The highest BCUT2D eigenvalue weighted by atomic mass is 16.5. The summed E-state index contributed by atoms with van der Waals surface area (Å²) in [5, 5.41) is 7.09. The zero-order chi connectivity index (χ0) is 18.8. The highest BCUT2D eigenvalue weighted by Crippen LogP contribution is 2.31. The Morgan fingerprint density at radius 3 is 2.81 bits per heavy atom. The van der Waals surface area contributed by atoms with Gasteiger partial charge in [0.25, 0.3) is 5.91 Å². The maximum Gasteiger partial charge on any atom is 0.325 e. The van der Waals surface area contributed by atoms with Crippen molar-refractivity contribution in [2.45, 2.75) is 44.4 Å². The second-order valence-electron chi connectivity index (χ2n) is 7.06. The summed E-state index contributed by atoms with van der Waals surface area (Å²) < 4.78 is 7.11. The number of methoxy groups -OCH3 is 1. The first-order valence-electron chi connectivity index (χ1n) is 9.26. The summed E-state index contributed by atoms with van der Waals surface area (Å²) in [4.78, 5) is 30.9. The van der Waals surface area contributed by atoms with Crippen LogP contribution in [0.2, 0.25) is 0 Å². The van der Waals surface area contributed by atoms with Crippen molar-refractivity contribution in [1.82, 2.24) is 25.0 Å². The SMILES string of the molecule is COC1CCCC(C2NC(=O)N(Cc3ncnn3-c3ccccc3)C2=O)C1. The summed E-state index contributed by atoms with van der Waals surface area (Å²) in [5.41, 5.74) is 0.837. The van der Waals surface area contributed by atoms with Crippen molar-refractivity contribution in [1.29, 1.82) is 0 Å². The van der Waals surface area contributed by atoms with E-state index in [9.17, 15) is 9.59 Å². The molecule has 0 spiro atoms. The van der Waals surface area contributed by atoms with E-state index in [4.69, 9.17) is 4.74 Å². The minimum atomic E-state index is -0.483. The zero-order valence-electron chi connectivity index (χ0n) is 15.2. The van der Waals surface area contributed by atoms with Crippen LogP contribution < -0.4 is 5.32 Å². The van der Waals surface area contributed by atoms with Gasteiger partial charge in [-0.05, 0) is 37.3 Å². The molecule has 3 amide bonds. The molecule has 1 aromatic heterocycles. The van der Waals surface area contributed by atoms with Crippen molar-refractivity contribution in [3.05, 3.63) is 42.5 Å². The van der Waals surface area contributed by atoms with Gasteiger partial charge < -0.3 is 10.1 Å². The number of rotatable bonds is 5. The number of para-hydroxylation sites is 1. The first-order valence-corrected chi connectivity index (χ1v) is 9.26. The number of carbonyl (C=O) groups excluding carboxylic acids is 2. The van der Waals surface area contributed by atoms with Crippen molar-refractivity contribution >= 4 is 11.9 Å². The molecule has 1 saturated carbocycles. The van der Waals surface area contributed by atoms with Gasteiger partial charge in [0.05, 0.1) is 18.3 Å². The lowest BCUT2D eigenvalue weighted by Gasteiger charge is -2.30. The number of hydrogen-bond donors (Lipinski definition) is 1. The molecule has 27 heavy (non-hydrogen) atoms. The molecule has 1 saturated heterocycles. The molecule has 142 valence electrons. The number of nitrogens with one attached hydrogen (secondary N) is 1. The van der Waals surface area contributed by atoms with Crippen molar-refractivity contribution in [3.63, 3.8) is 0 Å². The number of urea groups is 1. The smallest absolute Gasteiger partial charge is 0.325 e. The molecule has 2 fully saturated rings. The molecule has 3 unspecified atom stereocenters. The average Bonchev–Trinajstić information content (AvgIpc) is 3.29. The van der Waals surface area contributed by atoms with Gasteiger partial charge in [0.15, 0.2) is 5.82 Å². The number of nitrogens with zero attached hydrogens (tertiary/aromatic N) is 4. The Bertz CT molecular complexity index is 822. The maximum absolute atomic E-state index is 12.9. The standard InChI is InChI=1S/C19H23N5O3/c1-27-15-9-5-6-13(10-15)17-18(25)23(19(26)22-17)11-16-20-12-21-24(16)14-7-3-2-4-8-14/h2-4,7-8,12-13,15,17H,5-6,9-11H2,1H3,(H,22,26). The molecule has 0 bridgehead atoms. The molecule has 2 aliphatic rings. The van der Waals surface area contributed by atoms with Gasteiger partial charge in [-0.1, -0.05) is 24.6 Å². The lowest BCUT2D eigenvalue weighted by Crippen LogP contribution is -2.41. The summed E-state index contributed by atoms with van der Waals surface area (Å²) in [6.07, 6.45) is 5.31. The van der Waals surface area contributed by atoms with Gasteiger partial charge in [0.2, 0.25) is 0 Å². The van der Waals surface area contributed by atoms with Crippen LogP contribution in [0.3, 0.4) is 0 Å². The van der Waals surface area contributed by atoms with E-state index in [0.717, 1.165) is 31.4 Å². The van der Waals surface area contributed by atoms with Crippen LogP contribution in [0.4, 0.5) is 4.79 Å². The normalized spacial score (nSPS) is 25.7. The van der Waals surface area contributed by atoms with Gasteiger partial charge in [-0.3, -0.25) is 9.69 Å². The molecule has 1 aromatic carbocycles. The maximum atomic E-state index is 12.9. The topological polar surface area (TPSA) is 89.3 Å². The summed E-state index contributed by atoms with van der Waals surface area (Å²) in [5.74, 6) is 0.463. The molecule has 3 atom stereocenters. The van der Waals surface area contributed by atoms with Crippen molar-refractivity contribution < 1.29 is 14.3 Å². The minimum absolute atomic E-state index is 0.0937. The van der Waals surface area contributed by atoms with E-state index < -0.39 is 6.04 Å². The second kappa shape index (κ2) is 7.48. The van der Waals surface area contributed by atoms with Gasteiger partial charge in [-0.25, -0.2) is 14.5 Å². The van der Waals surface area contributed by atoms with Crippen LogP contribution in [-0.4, -0.2) is 50.9 Å². The highest BCUT2D eigenvalue weighted by Gasteiger charge is 2.44. The molecule has 0 radical (unpaired) electrons. The van der Waals surface area contributed by atoms with E-state index >= 15 is 0 Å². The minimum Gasteiger partial charge on any atom is -0.381 e. The fourth-order valence-electron chi connectivity index (χ4n) is 4.01. The van der Waals surface area contributed by atoms with Gasteiger partial charge >= 0.3 is 6.03 Å². The number of imide groups is 1. The van der Waals surface area contributed by atoms with Crippen LogP contribution in [0.1, 0.15) is 31.5 Å². The number of ether oxygens (including phenoxy) is 1. The monoisotopic (exact) mass is 369 g/mol. The lowest BCUT2D eigenvalue weighted by molar-refractivity contribution is -0.129. The molecule has 1 N–H and O–H groups in total. The fourth-order valence-corrected chi connectivity index (χ4v) is 4.01. The summed E-state index contributed by atoms with van der Waals surface area (Å²) >= 11 is 0. The van der Waals surface area contributed by atoms with Crippen LogP contribution in [0.5, 0.6) is 0 Å². The van der Waals surface area contributed by atoms with Crippen molar-refractivity contribution in [2.75, 3.05) is 7.11 Å². The fraction of sp³-hybridized carbons (Fsp3) is 0.474. The average molecular weight is 369 g/mol. The summed E-state index contributed by atoms with van der Waals surface area (Å²) in [6.45, 7) is 0.0937. The van der Waals surface area contributed by atoms with Crippen molar-refractivity contribution in [3.8, 4) is 5.69 Å². The van der Waals surface area contributed by atoms with E-state index in [2.05, 4.69) is 15.4 Å². The molecular formula is C19H23N5O3. The van der Waals surface area contributed by atoms with Gasteiger partial charge in [-0.15, -0.1) is 0 Å². The Hall–Kier alpha value is -2.74. The Morgan fingerprint density at radius 1 is 1.22 bits per heavy atom. The largest absolute Gasteiger partial charge is 0.381 e. The van der Waals surface area contributed by atoms with Crippen LogP contribution in [-0.2, 0) is 16.1 Å². The third-order valence-corrected chi connectivity index (χ3v) is 5.45. The molecule has 1 aliphatic heterocycles. The Labute approximate surface area is 157 Å². The first-order chi connectivity index (χ1) is 13.2. The van der Waals surface area contributed by atoms with Crippen LogP contribution >= 0.6 is 0 Å². The van der Waals surface area contributed by atoms with Crippen LogP contribution in [0.25, 0.3) is 5.69 Å².